The molecule has 2 nitrogen and oxygen atoms in total. The van der Waals surface area contributed by atoms with Crippen molar-refractivity contribution in [2.75, 3.05) is 20.1 Å². The molecule has 1 saturated carbocycles. The SMILES string of the molecule is CN(CC(F)(F)F)CC1(C=O)CCCC1. The highest BCUT2D eigenvalue weighted by molar-refractivity contribution is 5.60. The Hall–Kier alpha value is -0.580. The van der Waals surface area contributed by atoms with Gasteiger partial charge in [0.2, 0.25) is 0 Å². The molecule has 1 fully saturated rings. The van der Waals surface area contributed by atoms with Gasteiger partial charge in [-0.15, -0.1) is 0 Å². The quantitative estimate of drug-likeness (QED) is 0.681. The number of carbonyl (C=O) groups excluding carboxylic acids is 1. The van der Waals surface area contributed by atoms with Gasteiger partial charge in [-0.3, -0.25) is 4.90 Å². The van der Waals surface area contributed by atoms with Crippen LogP contribution in [-0.4, -0.2) is 37.5 Å². The highest BCUT2D eigenvalue weighted by Gasteiger charge is 2.37. The Morgan fingerprint density at radius 1 is 1.33 bits per heavy atom. The first-order valence-electron chi connectivity index (χ1n) is 5.09. The standard InChI is InChI=1S/C10H16F3NO/c1-14(7-10(11,12)13)6-9(8-15)4-2-3-5-9/h8H,2-7H2,1H3. The molecule has 0 N–H and O–H groups in total. The number of nitrogens with zero attached hydrogens (tertiary/aromatic N) is 1. The van der Waals surface area contributed by atoms with Crippen LogP contribution in [0.4, 0.5) is 13.2 Å². The summed E-state index contributed by atoms with van der Waals surface area (Å²) >= 11 is 0. The van der Waals surface area contributed by atoms with Crippen LogP contribution in [0.5, 0.6) is 0 Å². The summed E-state index contributed by atoms with van der Waals surface area (Å²) < 4.78 is 36.2. The number of aldehydes is 1. The van der Waals surface area contributed by atoms with E-state index >= 15 is 0 Å². The Morgan fingerprint density at radius 2 is 1.87 bits per heavy atom. The molecule has 0 aromatic heterocycles. The van der Waals surface area contributed by atoms with Crippen molar-refractivity contribution in [1.29, 1.82) is 0 Å². The van der Waals surface area contributed by atoms with Crippen LogP contribution in [0.3, 0.4) is 0 Å². The van der Waals surface area contributed by atoms with Crippen molar-refractivity contribution >= 4 is 6.29 Å². The number of rotatable bonds is 4. The smallest absolute Gasteiger partial charge is 0.303 e. The first-order chi connectivity index (χ1) is 6.87. The molecule has 0 aromatic rings. The molecule has 0 unspecified atom stereocenters. The molecule has 0 radical (unpaired) electrons. The van der Waals surface area contributed by atoms with Crippen molar-refractivity contribution in [3.8, 4) is 0 Å². The van der Waals surface area contributed by atoms with Crippen LogP contribution in [0, 0.1) is 5.41 Å². The molecular weight excluding hydrogens is 207 g/mol. The van der Waals surface area contributed by atoms with Gasteiger partial charge in [0, 0.05) is 12.0 Å². The summed E-state index contributed by atoms with van der Waals surface area (Å²) in [5.41, 5.74) is -0.528. The fourth-order valence-corrected chi connectivity index (χ4v) is 2.29. The second kappa shape index (κ2) is 4.51. The van der Waals surface area contributed by atoms with E-state index in [-0.39, 0.29) is 6.54 Å². The highest BCUT2D eigenvalue weighted by Crippen LogP contribution is 2.37. The Labute approximate surface area is 87.4 Å². The van der Waals surface area contributed by atoms with E-state index in [1.54, 1.807) is 0 Å². The lowest BCUT2D eigenvalue weighted by molar-refractivity contribution is -0.147. The zero-order chi connectivity index (χ0) is 11.5. The highest BCUT2D eigenvalue weighted by atomic mass is 19.4. The second-order valence-corrected chi connectivity index (χ2v) is 4.47. The third kappa shape index (κ3) is 3.81. The molecule has 1 aliphatic rings. The fourth-order valence-electron chi connectivity index (χ4n) is 2.29. The maximum Gasteiger partial charge on any atom is 0.401 e. The summed E-state index contributed by atoms with van der Waals surface area (Å²) in [4.78, 5) is 12.1. The molecule has 1 aliphatic carbocycles. The van der Waals surface area contributed by atoms with Gasteiger partial charge in [-0.05, 0) is 19.9 Å². The first kappa shape index (κ1) is 12.5. The van der Waals surface area contributed by atoms with E-state index in [2.05, 4.69) is 0 Å². The largest absolute Gasteiger partial charge is 0.401 e. The van der Waals surface area contributed by atoms with Gasteiger partial charge in [0.1, 0.15) is 6.29 Å². The molecule has 15 heavy (non-hydrogen) atoms. The Balaban J connectivity index is 2.48. The molecule has 0 aliphatic heterocycles. The number of hydrogen-bond acceptors (Lipinski definition) is 2. The fraction of sp³-hybridized carbons (Fsp3) is 0.900. The van der Waals surface area contributed by atoms with Crippen LogP contribution >= 0.6 is 0 Å². The van der Waals surface area contributed by atoms with Gasteiger partial charge in [0.15, 0.2) is 0 Å². The number of hydrogen-bond donors (Lipinski definition) is 0. The summed E-state index contributed by atoms with van der Waals surface area (Å²) in [7, 11) is 1.41. The summed E-state index contributed by atoms with van der Waals surface area (Å²) in [5.74, 6) is 0. The van der Waals surface area contributed by atoms with Gasteiger partial charge in [0.05, 0.1) is 6.54 Å². The van der Waals surface area contributed by atoms with E-state index in [0.29, 0.717) is 0 Å². The molecular formula is C10H16F3NO. The van der Waals surface area contributed by atoms with Crippen LogP contribution in [0.2, 0.25) is 0 Å². The average molecular weight is 223 g/mol. The van der Waals surface area contributed by atoms with E-state index < -0.39 is 18.1 Å². The zero-order valence-electron chi connectivity index (χ0n) is 8.81. The van der Waals surface area contributed by atoms with E-state index in [4.69, 9.17) is 0 Å². The number of carbonyl (C=O) groups is 1. The van der Waals surface area contributed by atoms with Crippen molar-refractivity contribution in [2.45, 2.75) is 31.9 Å². The normalized spacial score (nSPS) is 20.9. The molecule has 0 bridgehead atoms. The Bertz CT molecular complexity index is 221. The van der Waals surface area contributed by atoms with E-state index in [9.17, 15) is 18.0 Å². The van der Waals surface area contributed by atoms with Crippen LogP contribution in [0.1, 0.15) is 25.7 Å². The minimum absolute atomic E-state index is 0.218. The molecule has 0 atom stereocenters. The maximum absolute atomic E-state index is 12.1. The third-order valence-electron chi connectivity index (χ3n) is 2.88. The van der Waals surface area contributed by atoms with Crippen LogP contribution in [-0.2, 0) is 4.79 Å². The van der Waals surface area contributed by atoms with Crippen LogP contribution in [0.15, 0.2) is 0 Å². The van der Waals surface area contributed by atoms with Gasteiger partial charge < -0.3 is 4.79 Å². The third-order valence-corrected chi connectivity index (χ3v) is 2.88. The van der Waals surface area contributed by atoms with Gasteiger partial charge >= 0.3 is 6.18 Å². The van der Waals surface area contributed by atoms with E-state index in [0.717, 1.165) is 32.0 Å². The van der Waals surface area contributed by atoms with Gasteiger partial charge in [-0.2, -0.15) is 13.2 Å². The number of alkyl halides is 3. The van der Waals surface area contributed by atoms with Crippen molar-refractivity contribution in [3.63, 3.8) is 0 Å². The van der Waals surface area contributed by atoms with Crippen molar-refractivity contribution in [2.24, 2.45) is 5.41 Å². The lowest BCUT2D eigenvalue weighted by Crippen LogP contribution is -2.39. The molecule has 5 heteroatoms. The Morgan fingerprint density at radius 3 is 2.27 bits per heavy atom. The summed E-state index contributed by atoms with van der Waals surface area (Å²) in [6.45, 7) is -0.724. The second-order valence-electron chi connectivity index (χ2n) is 4.47. The number of halogens is 3. The van der Waals surface area contributed by atoms with Crippen molar-refractivity contribution < 1.29 is 18.0 Å². The van der Waals surface area contributed by atoms with Crippen LogP contribution < -0.4 is 0 Å². The average Bonchev–Trinajstić information content (AvgIpc) is 2.50. The van der Waals surface area contributed by atoms with E-state index in [1.165, 1.54) is 11.9 Å². The van der Waals surface area contributed by atoms with Gasteiger partial charge in [-0.1, -0.05) is 12.8 Å². The predicted molar refractivity (Wildman–Crippen MR) is 50.5 cm³/mol. The molecule has 88 valence electrons. The lowest BCUT2D eigenvalue weighted by atomic mass is 9.87. The van der Waals surface area contributed by atoms with Gasteiger partial charge in [0.25, 0.3) is 0 Å². The summed E-state index contributed by atoms with van der Waals surface area (Å²) in [6, 6.07) is 0. The summed E-state index contributed by atoms with van der Waals surface area (Å²) in [6.07, 6.45) is -0.0150. The van der Waals surface area contributed by atoms with E-state index in [1.807, 2.05) is 0 Å². The maximum atomic E-state index is 12.1. The van der Waals surface area contributed by atoms with Gasteiger partial charge in [-0.25, -0.2) is 0 Å². The van der Waals surface area contributed by atoms with Crippen LogP contribution in [0.25, 0.3) is 0 Å². The first-order valence-corrected chi connectivity index (χ1v) is 5.09. The van der Waals surface area contributed by atoms with Crippen molar-refractivity contribution in [1.82, 2.24) is 4.90 Å². The van der Waals surface area contributed by atoms with Crippen molar-refractivity contribution in [3.05, 3.63) is 0 Å². The molecule has 0 saturated heterocycles. The lowest BCUT2D eigenvalue weighted by Gasteiger charge is -2.28. The topological polar surface area (TPSA) is 20.3 Å². The molecule has 1 rings (SSSR count). The molecule has 0 amide bonds. The molecule has 0 heterocycles. The minimum atomic E-state index is -4.18. The summed E-state index contributed by atoms with van der Waals surface area (Å²) in [5, 5.41) is 0. The monoisotopic (exact) mass is 223 g/mol. The molecule has 0 spiro atoms. The predicted octanol–water partition coefficient (Wildman–Crippen LogP) is 2.24. The molecule has 0 aromatic carbocycles. The Kier molecular flexibility index (Phi) is 3.76. The zero-order valence-corrected chi connectivity index (χ0v) is 8.81. The minimum Gasteiger partial charge on any atom is -0.303 e.